The van der Waals surface area contributed by atoms with Gasteiger partial charge >= 0.3 is 0 Å². The highest BCUT2D eigenvalue weighted by atomic mass is 32.2. The summed E-state index contributed by atoms with van der Waals surface area (Å²) in [6.07, 6.45) is 2.14. The van der Waals surface area contributed by atoms with E-state index in [2.05, 4.69) is 49.3 Å². The van der Waals surface area contributed by atoms with Crippen LogP contribution in [0.3, 0.4) is 0 Å². The predicted molar refractivity (Wildman–Crippen MR) is 59.7 cm³/mol. The second kappa shape index (κ2) is 5.72. The molecule has 0 saturated heterocycles. The highest BCUT2D eigenvalue weighted by Crippen LogP contribution is 2.16. The van der Waals surface area contributed by atoms with Crippen LogP contribution in [0, 0.1) is 18.1 Å². The Hall–Kier alpha value is -0.870. The molecule has 68 valence electrons. The van der Waals surface area contributed by atoms with E-state index in [0.29, 0.717) is 0 Å². The van der Waals surface area contributed by atoms with Crippen molar-refractivity contribution in [3.8, 4) is 11.2 Å². The molecule has 1 rings (SSSR count). The number of hydrogen-bond acceptors (Lipinski definition) is 1. The van der Waals surface area contributed by atoms with Crippen molar-refractivity contribution >= 4 is 11.8 Å². The van der Waals surface area contributed by atoms with Crippen molar-refractivity contribution in [2.75, 3.05) is 0 Å². The molecule has 13 heavy (non-hydrogen) atoms. The van der Waals surface area contributed by atoms with Crippen molar-refractivity contribution in [3.63, 3.8) is 0 Å². The minimum absolute atomic E-state index is 0.999. The van der Waals surface area contributed by atoms with Gasteiger partial charge in [0.2, 0.25) is 0 Å². The minimum atomic E-state index is 0.999. The topological polar surface area (TPSA) is 0 Å². The van der Waals surface area contributed by atoms with E-state index in [4.69, 9.17) is 0 Å². The van der Waals surface area contributed by atoms with Gasteiger partial charge in [-0.2, -0.15) is 0 Å². The zero-order valence-corrected chi connectivity index (χ0v) is 8.95. The third-order valence-corrected chi connectivity index (χ3v) is 2.39. The maximum atomic E-state index is 3.11. The van der Waals surface area contributed by atoms with Gasteiger partial charge in [0.15, 0.2) is 0 Å². The van der Waals surface area contributed by atoms with E-state index in [1.165, 1.54) is 10.5 Å². The Balaban J connectivity index is 2.47. The second-order valence-electron chi connectivity index (χ2n) is 2.94. The van der Waals surface area contributed by atoms with Gasteiger partial charge in [0.25, 0.3) is 0 Å². The van der Waals surface area contributed by atoms with Crippen molar-refractivity contribution in [1.29, 1.82) is 0 Å². The largest absolute Gasteiger partial charge is 0.0909 e. The Bertz CT molecular complexity index is 300. The maximum absolute atomic E-state index is 3.11. The summed E-state index contributed by atoms with van der Waals surface area (Å²) >= 11 is 1.61. The average molecular weight is 190 g/mol. The molecule has 0 nitrogen and oxygen atoms in total. The molecule has 1 aromatic rings. The summed E-state index contributed by atoms with van der Waals surface area (Å²) in [6.45, 7) is 4.24. The van der Waals surface area contributed by atoms with Gasteiger partial charge in [0, 0.05) is 11.3 Å². The molecule has 0 radical (unpaired) electrons. The summed E-state index contributed by atoms with van der Waals surface area (Å²) in [5, 5.41) is 3.09. The fourth-order valence-electron chi connectivity index (χ4n) is 0.877. The zero-order valence-electron chi connectivity index (χ0n) is 8.13. The number of rotatable bonds is 2. The molecule has 0 amide bonds. The van der Waals surface area contributed by atoms with Crippen molar-refractivity contribution in [3.05, 3.63) is 29.8 Å². The fourth-order valence-corrected chi connectivity index (χ4v) is 1.44. The van der Waals surface area contributed by atoms with Crippen LogP contribution in [0.2, 0.25) is 0 Å². The molecular formula is C12H14S. The van der Waals surface area contributed by atoms with E-state index in [9.17, 15) is 0 Å². The number of unbranched alkanes of at least 4 members (excludes halogenated alkanes) is 1. The predicted octanol–water partition coefficient (Wildman–Crippen LogP) is 3.85. The van der Waals surface area contributed by atoms with Crippen LogP contribution in [0.15, 0.2) is 29.2 Å². The van der Waals surface area contributed by atoms with Gasteiger partial charge in [-0.1, -0.05) is 30.5 Å². The number of benzene rings is 1. The first-order valence-corrected chi connectivity index (χ1v) is 5.36. The van der Waals surface area contributed by atoms with Crippen LogP contribution in [0.25, 0.3) is 0 Å². The van der Waals surface area contributed by atoms with Gasteiger partial charge in [-0.05, 0) is 42.5 Å². The summed E-state index contributed by atoms with van der Waals surface area (Å²) < 4.78 is 0. The van der Waals surface area contributed by atoms with Gasteiger partial charge in [-0.3, -0.25) is 0 Å². The Morgan fingerprint density at radius 1 is 1.23 bits per heavy atom. The molecule has 0 aromatic heterocycles. The Morgan fingerprint density at radius 3 is 2.54 bits per heavy atom. The third-order valence-electron chi connectivity index (χ3n) is 1.64. The van der Waals surface area contributed by atoms with Crippen molar-refractivity contribution < 1.29 is 0 Å². The minimum Gasteiger partial charge on any atom is -0.0909 e. The summed E-state index contributed by atoms with van der Waals surface area (Å²) in [4.78, 5) is 1.23. The van der Waals surface area contributed by atoms with Crippen LogP contribution in [0.4, 0.5) is 0 Å². The van der Waals surface area contributed by atoms with Crippen molar-refractivity contribution in [2.45, 2.75) is 31.6 Å². The molecule has 0 heterocycles. The quantitative estimate of drug-likeness (QED) is 0.504. The molecule has 0 unspecified atom stereocenters. The average Bonchev–Trinajstić information content (AvgIpc) is 2.15. The molecule has 0 aliphatic heterocycles. The van der Waals surface area contributed by atoms with Crippen LogP contribution >= 0.6 is 11.8 Å². The Labute approximate surface area is 84.7 Å². The summed E-state index contributed by atoms with van der Waals surface area (Å²) in [5.74, 6) is 3.11. The standard InChI is InChI=1S/C12H14S/c1-3-4-5-10-13-12-8-6-11(2)7-9-12/h6-9H,3-4H2,1-2H3. The molecule has 0 saturated carbocycles. The summed E-state index contributed by atoms with van der Waals surface area (Å²) in [7, 11) is 0. The number of thioether (sulfide) groups is 1. The van der Waals surface area contributed by atoms with Crippen LogP contribution in [0.1, 0.15) is 25.3 Å². The monoisotopic (exact) mass is 190 g/mol. The summed E-state index contributed by atoms with van der Waals surface area (Å²) in [5.41, 5.74) is 1.30. The lowest BCUT2D eigenvalue weighted by Gasteiger charge is -1.93. The molecule has 0 atom stereocenters. The van der Waals surface area contributed by atoms with E-state index in [-0.39, 0.29) is 0 Å². The van der Waals surface area contributed by atoms with Crippen LogP contribution in [-0.2, 0) is 0 Å². The highest BCUT2D eigenvalue weighted by Gasteiger charge is 1.88. The van der Waals surface area contributed by atoms with E-state index >= 15 is 0 Å². The normalized spacial score (nSPS) is 9.08. The number of aryl methyl sites for hydroxylation is 1. The second-order valence-corrected chi connectivity index (χ2v) is 3.82. The molecule has 0 aliphatic rings. The third kappa shape index (κ3) is 4.05. The highest BCUT2D eigenvalue weighted by molar-refractivity contribution is 8.03. The summed E-state index contributed by atoms with van der Waals surface area (Å²) in [6, 6.07) is 8.45. The molecule has 0 spiro atoms. The van der Waals surface area contributed by atoms with Gasteiger partial charge in [-0.15, -0.1) is 0 Å². The van der Waals surface area contributed by atoms with Crippen LogP contribution < -0.4 is 0 Å². The SMILES string of the molecule is CCCC#CSc1ccc(C)cc1. The fraction of sp³-hybridized carbons (Fsp3) is 0.333. The smallest absolute Gasteiger partial charge is 0.0203 e. The first kappa shape index (κ1) is 10.2. The van der Waals surface area contributed by atoms with E-state index in [1.54, 1.807) is 11.8 Å². The lowest BCUT2D eigenvalue weighted by molar-refractivity contribution is 0.984. The first-order chi connectivity index (χ1) is 6.33. The van der Waals surface area contributed by atoms with E-state index in [0.717, 1.165) is 12.8 Å². The molecule has 0 N–H and O–H groups in total. The molecule has 0 aliphatic carbocycles. The van der Waals surface area contributed by atoms with Gasteiger partial charge in [-0.25, -0.2) is 0 Å². The van der Waals surface area contributed by atoms with Gasteiger partial charge in [0.05, 0.1) is 0 Å². The Kier molecular flexibility index (Phi) is 4.49. The first-order valence-electron chi connectivity index (χ1n) is 4.54. The zero-order chi connectivity index (χ0) is 9.52. The van der Waals surface area contributed by atoms with Crippen molar-refractivity contribution in [2.24, 2.45) is 0 Å². The molecule has 1 heteroatoms. The lowest BCUT2D eigenvalue weighted by atomic mass is 10.2. The molecule has 0 fully saturated rings. The van der Waals surface area contributed by atoms with E-state index in [1.807, 2.05) is 0 Å². The number of hydrogen-bond donors (Lipinski definition) is 0. The molecule has 0 bridgehead atoms. The van der Waals surface area contributed by atoms with Crippen molar-refractivity contribution in [1.82, 2.24) is 0 Å². The maximum Gasteiger partial charge on any atom is 0.0203 e. The Morgan fingerprint density at radius 2 is 1.92 bits per heavy atom. The van der Waals surface area contributed by atoms with Gasteiger partial charge < -0.3 is 0 Å². The van der Waals surface area contributed by atoms with Crippen LogP contribution in [0.5, 0.6) is 0 Å². The van der Waals surface area contributed by atoms with Gasteiger partial charge in [0.1, 0.15) is 0 Å². The molecule has 1 aromatic carbocycles. The lowest BCUT2D eigenvalue weighted by Crippen LogP contribution is -1.71. The van der Waals surface area contributed by atoms with E-state index < -0.39 is 0 Å². The molecular weight excluding hydrogens is 176 g/mol. The van der Waals surface area contributed by atoms with Crippen LogP contribution in [-0.4, -0.2) is 0 Å².